The zero-order chi connectivity index (χ0) is 23.7. The molecule has 0 heterocycles. The van der Waals surface area contributed by atoms with E-state index >= 15 is 0 Å². The number of nitrogens with zero attached hydrogens (tertiary/aromatic N) is 2. The second-order valence-electron chi connectivity index (χ2n) is 7.86. The Hall–Kier alpha value is -2.71. The minimum Gasteiger partial charge on any atom is -0.354 e. The van der Waals surface area contributed by atoms with Crippen LogP contribution in [0.1, 0.15) is 31.4 Å². The first kappa shape index (κ1) is 25.5. The summed E-state index contributed by atoms with van der Waals surface area (Å²) in [5.41, 5.74) is 1.98. The van der Waals surface area contributed by atoms with Crippen LogP contribution in [0.5, 0.6) is 0 Å². The molecule has 0 saturated carbocycles. The molecule has 174 valence electrons. The predicted molar refractivity (Wildman–Crippen MR) is 126 cm³/mol. The zero-order valence-corrected chi connectivity index (χ0v) is 20.1. The lowest BCUT2D eigenvalue weighted by Gasteiger charge is -2.30. The molecule has 0 fully saturated rings. The molecule has 2 aromatic rings. The molecule has 0 radical (unpaired) electrons. The van der Waals surface area contributed by atoms with Gasteiger partial charge in [0.25, 0.3) is 0 Å². The monoisotopic (exact) mass is 459 g/mol. The number of rotatable bonds is 11. The third kappa shape index (κ3) is 6.90. The van der Waals surface area contributed by atoms with Crippen molar-refractivity contribution in [2.24, 2.45) is 0 Å². The third-order valence-electron chi connectivity index (χ3n) is 5.29. The van der Waals surface area contributed by atoms with Crippen molar-refractivity contribution in [3.63, 3.8) is 0 Å². The van der Waals surface area contributed by atoms with E-state index in [0.717, 1.165) is 21.9 Å². The Bertz CT molecular complexity index is 992. The van der Waals surface area contributed by atoms with Gasteiger partial charge in [-0.1, -0.05) is 55.0 Å². The average molecular weight is 460 g/mol. The summed E-state index contributed by atoms with van der Waals surface area (Å²) in [6.07, 6.45) is 1.35. The molecule has 0 unspecified atom stereocenters. The minimum atomic E-state index is -3.83. The van der Waals surface area contributed by atoms with Gasteiger partial charge < -0.3 is 10.2 Å². The average Bonchev–Trinajstić information content (AvgIpc) is 2.78. The van der Waals surface area contributed by atoms with Crippen LogP contribution in [0.3, 0.4) is 0 Å². The molecule has 7 nitrogen and oxygen atoms in total. The van der Waals surface area contributed by atoms with Crippen LogP contribution in [0.2, 0.25) is 0 Å². The molecule has 32 heavy (non-hydrogen) atoms. The highest BCUT2D eigenvalue weighted by Gasteiger charge is 2.29. The molecule has 0 saturated heterocycles. The van der Waals surface area contributed by atoms with Gasteiger partial charge in [-0.2, -0.15) is 4.31 Å². The largest absolute Gasteiger partial charge is 0.354 e. The molecular formula is C24H33N3O4S. The quantitative estimate of drug-likeness (QED) is 0.560. The number of carbonyl (C=O) groups is 2. The lowest BCUT2D eigenvalue weighted by molar-refractivity contribution is -0.139. The van der Waals surface area contributed by atoms with Crippen LogP contribution < -0.4 is 5.32 Å². The van der Waals surface area contributed by atoms with Gasteiger partial charge in [-0.3, -0.25) is 9.59 Å². The molecule has 2 rings (SSSR count). The van der Waals surface area contributed by atoms with Gasteiger partial charge >= 0.3 is 0 Å². The number of nitrogens with one attached hydrogen (secondary N) is 1. The van der Waals surface area contributed by atoms with Crippen LogP contribution in [0.4, 0.5) is 0 Å². The molecule has 8 heteroatoms. The van der Waals surface area contributed by atoms with Crippen LogP contribution >= 0.6 is 0 Å². The van der Waals surface area contributed by atoms with Crippen molar-refractivity contribution in [1.82, 2.24) is 14.5 Å². The van der Waals surface area contributed by atoms with Crippen LogP contribution in [0, 0.1) is 6.92 Å². The summed E-state index contributed by atoms with van der Waals surface area (Å²) in [7, 11) is -2.45. The number of likely N-dealkylation sites (N-methyl/N-ethyl adjacent to an activating group) is 1. The number of sulfonamides is 1. The maximum absolute atomic E-state index is 13.2. The van der Waals surface area contributed by atoms with Crippen molar-refractivity contribution in [2.75, 3.05) is 26.7 Å². The molecule has 0 spiro atoms. The molecule has 1 atom stereocenters. The second kappa shape index (κ2) is 11.8. The van der Waals surface area contributed by atoms with Crippen molar-refractivity contribution >= 4 is 21.8 Å². The van der Waals surface area contributed by atoms with Gasteiger partial charge in [0.05, 0.1) is 11.4 Å². The molecule has 0 aliphatic carbocycles. The highest BCUT2D eigenvalue weighted by atomic mass is 32.2. The predicted octanol–water partition coefficient (Wildman–Crippen LogP) is 2.60. The normalized spacial score (nSPS) is 12.4. The number of carbonyl (C=O) groups excluding carboxylic acids is 2. The SMILES string of the molecule is CCCNC(=O)[C@@H](C)N(CCc1ccccc1)C(=O)CN(C)S(=O)(=O)c1ccc(C)cc1. The fourth-order valence-corrected chi connectivity index (χ4v) is 4.34. The smallest absolute Gasteiger partial charge is 0.243 e. The first-order valence-corrected chi connectivity index (χ1v) is 12.2. The Morgan fingerprint density at radius 1 is 1.03 bits per heavy atom. The summed E-state index contributed by atoms with van der Waals surface area (Å²) < 4.78 is 26.8. The van der Waals surface area contributed by atoms with Gasteiger partial charge in [-0.15, -0.1) is 0 Å². The van der Waals surface area contributed by atoms with E-state index in [1.807, 2.05) is 44.2 Å². The fraction of sp³-hybridized carbons (Fsp3) is 0.417. The van der Waals surface area contributed by atoms with Crippen LogP contribution in [0.15, 0.2) is 59.5 Å². The standard InChI is InChI=1S/C24H33N3O4S/c1-5-16-25-24(29)20(3)27(17-15-21-9-7-6-8-10-21)23(28)18-26(4)32(30,31)22-13-11-19(2)12-14-22/h6-14,20H,5,15-18H2,1-4H3,(H,25,29)/t20-/m1/s1. The van der Waals surface area contributed by atoms with E-state index in [4.69, 9.17) is 0 Å². The molecule has 2 aromatic carbocycles. The van der Waals surface area contributed by atoms with Crippen LogP contribution in [-0.4, -0.2) is 62.2 Å². The number of hydrogen-bond donors (Lipinski definition) is 1. The van der Waals surface area contributed by atoms with E-state index in [-0.39, 0.29) is 17.3 Å². The van der Waals surface area contributed by atoms with Crippen molar-refractivity contribution in [2.45, 2.75) is 44.6 Å². The van der Waals surface area contributed by atoms with Crippen LogP contribution in [0.25, 0.3) is 0 Å². The highest BCUT2D eigenvalue weighted by Crippen LogP contribution is 2.16. The molecule has 0 aliphatic heterocycles. The first-order chi connectivity index (χ1) is 15.2. The number of aryl methyl sites for hydroxylation is 1. The number of amides is 2. The zero-order valence-electron chi connectivity index (χ0n) is 19.2. The van der Waals surface area contributed by atoms with Gasteiger partial charge in [-0.25, -0.2) is 8.42 Å². The van der Waals surface area contributed by atoms with Crippen molar-refractivity contribution in [3.8, 4) is 0 Å². The maximum Gasteiger partial charge on any atom is 0.243 e. The van der Waals surface area contributed by atoms with Gasteiger partial charge in [0.1, 0.15) is 6.04 Å². The highest BCUT2D eigenvalue weighted by molar-refractivity contribution is 7.89. The van der Waals surface area contributed by atoms with Crippen molar-refractivity contribution < 1.29 is 18.0 Å². The fourth-order valence-electron chi connectivity index (χ4n) is 3.22. The Labute approximate surface area is 191 Å². The van der Waals surface area contributed by atoms with E-state index in [1.165, 1.54) is 24.1 Å². The summed E-state index contributed by atoms with van der Waals surface area (Å²) in [5.74, 6) is -0.671. The molecule has 0 bridgehead atoms. The van der Waals surface area contributed by atoms with Gasteiger partial charge in [0.2, 0.25) is 21.8 Å². The molecular weight excluding hydrogens is 426 g/mol. The van der Waals surface area contributed by atoms with E-state index in [1.54, 1.807) is 19.1 Å². The topological polar surface area (TPSA) is 86.8 Å². The maximum atomic E-state index is 13.2. The lowest BCUT2D eigenvalue weighted by atomic mass is 10.1. The minimum absolute atomic E-state index is 0.128. The van der Waals surface area contributed by atoms with Gasteiger partial charge in [0, 0.05) is 20.1 Å². The third-order valence-corrected chi connectivity index (χ3v) is 7.11. The van der Waals surface area contributed by atoms with Gasteiger partial charge in [-0.05, 0) is 44.4 Å². The van der Waals surface area contributed by atoms with E-state index in [0.29, 0.717) is 19.5 Å². The molecule has 0 aromatic heterocycles. The molecule has 2 amide bonds. The van der Waals surface area contributed by atoms with Crippen molar-refractivity contribution in [1.29, 1.82) is 0 Å². The number of benzene rings is 2. The van der Waals surface area contributed by atoms with Gasteiger partial charge in [0.15, 0.2) is 0 Å². The Morgan fingerprint density at radius 3 is 2.25 bits per heavy atom. The summed E-state index contributed by atoms with van der Waals surface area (Å²) in [6, 6.07) is 15.4. The summed E-state index contributed by atoms with van der Waals surface area (Å²) in [5, 5.41) is 2.82. The lowest BCUT2D eigenvalue weighted by Crippen LogP contribution is -2.51. The van der Waals surface area contributed by atoms with Crippen LogP contribution in [-0.2, 0) is 26.0 Å². The van der Waals surface area contributed by atoms with E-state index < -0.39 is 22.0 Å². The Balaban J connectivity index is 2.17. The Morgan fingerprint density at radius 2 is 1.66 bits per heavy atom. The summed E-state index contributed by atoms with van der Waals surface area (Å²) in [6.45, 7) is 5.97. The first-order valence-electron chi connectivity index (χ1n) is 10.8. The summed E-state index contributed by atoms with van der Waals surface area (Å²) in [4.78, 5) is 27.3. The molecule has 1 N–H and O–H groups in total. The Kier molecular flexibility index (Phi) is 9.41. The second-order valence-corrected chi connectivity index (χ2v) is 9.91. The summed E-state index contributed by atoms with van der Waals surface area (Å²) >= 11 is 0. The number of hydrogen-bond acceptors (Lipinski definition) is 4. The van der Waals surface area contributed by atoms with E-state index in [2.05, 4.69) is 5.32 Å². The molecule has 0 aliphatic rings. The van der Waals surface area contributed by atoms with Crippen molar-refractivity contribution in [3.05, 3.63) is 65.7 Å². The van der Waals surface area contributed by atoms with E-state index in [9.17, 15) is 18.0 Å².